The number of phosphoric ester groups is 2. The van der Waals surface area contributed by atoms with Crippen molar-refractivity contribution in [2.75, 3.05) is 25.6 Å². The summed E-state index contributed by atoms with van der Waals surface area (Å²) in [5.74, 6) is -1.37. The monoisotopic (exact) mass is 1070 g/mol. The Bertz CT molecular complexity index is 1980. The maximum absolute atomic E-state index is 12.9. The number of allylic oxidation sites excluding steroid dienone is 7. The summed E-state index contributed by atoms with van der Waals surface area (Å²) in [7, 11) is -10.9. The van der Waals surface area contributed by atoms with E-state index in [4.69, 9.17) is 33.7 Å². The fraction of sp³-hybridized carbons (Fsp3) is 0.731. The third-order valence-corrected chi connectivity index (χ3v) is 14.9. The van der Waals surface area contributed by atoms with Gasteiger partial charge in [-0.1, -0.05) is 146 Å². The molecule has 0 radical (unpaired) electrons. The Morgan fingerprint density at radius 3 is 1.92 bits per heavy atom. The number of phosphoric acid groups is 2. The fourth-order valence-electron chi connectivity index (χ4n) is 8.04. The second kappa shape index (κ2) is 37.4. The third kappa shape index (κ3) is 29.5. The first-order valence-corrected chi connectivity index (χ1v) is 29.8. The molecule has 1 aromatic rings. The Kier molecular flexibility index (Phi) is 32.8. The number of aliphatic hydroxyl groups excluding tert-OH is 2. The van der Waals surface area contributed by atoms with Crippen LogP contribution >= 0.6 is 15.6 Å². The predicted octanol–water partition coefficient (Wildman–Crippen LogP) is 10.3. The molecule has 2 saturated heterocycles. The molecule has 0 aliphatic carbocycles. The summed E-state index contributed by atoms with van der Waals surface area (Å²) < 4.78 is 62.5. The van der Waals surface area contributed by atoms with Crippen LogP contribution in [0.4, 0.5) is 5.82 Å². The Morgan fingerprint density at radius 2 is 1.25 bits per heavy atom. The van der Waals surface area contributed by atoms with E-state index in [1.807, 2.05) is 12.2 Å². The molecule has 9 atom stereocenters. The lowest BCUT2D eigenvalue weighted by Gasteiger charge is -2.21. The summed E-state index contributed by atoms with van der Waals surface area (Å²) in [6.45, 7) is 2.07. The van der Waals surface area contributed by atoms with E-state index in [0.29, 0.717) is 31.5 Å². The average molecular weight is 1070 g/mol. The first kappa shape index (κ1) is 64.0. The number of aromatic nitrogens is 2. The highest BCUT2D eigenvalue weighted by molar-refractivity contribution is 7.61. The molecule has 6 N–H and O–H groups in total. The number of rotatable bonds is 43. The summed E-state index contributed by atoms with van der Waals surface area (Å²) in [4.78, 5) is 62.0. The lowest BCUT2D eigenvalue weighted by molar-refractivity contribution is -0.161. The second-order valence-corrected chi connectivity index (χ2v) is 21.8. The van der Waals surface area contributed by atoms with E-state index in [9.17, 15) is 43.5 Å². The molecule has 3 heterocycles. The van der Waals surface area contributed by atoms with E-state index in [0.717, 1.165) is 87.8 Å². The molecule has 1 aromatic heterocycles. The van der Waals surface area contributed by atoms with E-state index in [1.54, 1.807) is 0 Å². The van der Waals surface area contributed by atoms with E-state index in [-0.39, 0.29) is 18.7 Å². The number of aliphatic hydroxyl groups is 2. The number of nitrogens with zero attached hydrogens (tertiary/aromatic N) is 2. The fourth-order valence-corrected chi connectivity index (χ4v) is 10.2. The van der Waals surface area contributed by atoms with Crippen molar-refractivity contribution in [3.8, 4) is 0 Å². The van der Waals surface area contributed by atoms with Gasteiger partial charge in [0, 0.05) is 19.0 Å². The highest BCUT2D eigenvalue weighted by Crippen LogP contribution is 2.60. The molecule has 0 saturated carbocycles. The van der Waals surface area contributed by atoms with Gasteiger partial charge >= 0.3 is 33.3 Å². The number of nitrogen functional groups attached to an aromatic ring is 1. The molecular formula is C52H87N3O16P2. The van der Waals surface area contributed by atoms with Crippen molar-refractivity contribution in [1.82, 2.24) is 9.55 Å². The van der Waals surface area contributed by atoms with E-state index in [2.05, 4.69) is 59.6 Å². The lowest BCUT2D eigenvalue weighted by atomic mass is 10.1. The highest BCUT2D eigenvalue weighted by Gasteiger charge is 2.46. The van der Waals surface area contributed by atoms with Gasteiger partial charge in [0.15, 0.2) is 12.3 Å². The number of unbranched alkanes of at least 4 members (excludes halogenated alkanes) is 16. The van der Waals surface area contributed by atoms with Crippen molar-refractivity contribution in [2.45, 2.75) is 224 Å². The van der Waals surface area contributed by atoms with Crippen molar-refractivity contribution in [3.05, 3.63) is 71.4 Å². The molecule has 19 nitrogen and oxygen atoms in total. The maximum atomic E-state index is 12.9. The second-order valence-electron chi connectivity index (χ2n) is 18.8. The van der Waals surface area contributed by atoms with Gasteiger partial charge in [-0.05, 0) is 76.7 Å². The Morgan fingerprint density at radius 1 is 0.685 bits per heavy atom. The zero-order valence-corrected chi connectivity index (χ0v) is 45.2. The number of nitrogens with two attached hydrogens (primary N) is 1. The van der Waals surface area contributed by atoms with Gasteiger partial charge in [-0.3, -0.25) is 23.2 Å². The van der Waals surface area contributed by atoms with Crippen molar-refractivity contribution in [2.24, 2.45) is 0 Å². The van der Waals surface area contributed by atoms with Gasteiger partial charge in [-0.25, -0.2) is 13.9 Å². The molecule has 2 fully saturated rings. The van der Waals surface area contributed by atoms with Crippen LogP contribution in [0.25, 0.3) is 0 Å². The number of anilines is 1. The quantitative estimate of drug-likeness (QED) is 0.0134. The van der Waals surface area contributed by atoms with Crippen molar-refractivity contribution in [3.63, 3.8) is 0 Å². The van der Waals surface area contributed by atoms with Gasteiger partial charge in [-0.15, -0.1) is 0 Å². The molecule has 3 rings (SSSR count). The molecule has 2 aliphatic heterocycles. The Labute approximate surface area is 433 Å². The summed E-state index contributed by atoms with van der Waals surface area (Å²) >= 11 is 0. The van der Waals surface area contributed by atoms with Crippen LogP contribution in [-0.2, 0) is 51.0 Å². The van der Waals surface area contributed by atoms with Gasteiger partial charge in [-0.2, -0.15) is 9.29 Å². The molecule has 0 bridgehead atoms. The van der Waals surface area contributed by atoms with E-state index >= 15 is 0 Å². The number of hydrogen-bond donors (Lipinski definition) is 5. The normalized spacial score (nSPS) is 22.1. The van der Waals surface area contributed by atoms with Gasteiger partial charge in [0.2, 0.25) is 0 Å². The SMILES string of the molecule is CCCCCCCC/C=C\CCCCCCCCCC(=O)OC[C@H](COP(=O)(O)OP(=O)(O)OC[C@H]1O[C@@H](n2ccc(N)nc2=O)[C@H](O)[C@@H]1O)OC(=O)CCC/C=C\C/C=C\C/C=C\CC1OC1CCCCC. The highest BCUT2D eigenvalue weighted by atomic mass is 31.3. The van der Waals surface area contributed by atoms with Crippen LogP contribution in [0.2, 0.25) is 0 Å². The van der Waals surface area contributed by atoms with Gasteiger partial charge in [0.05, 0.1) is 25.4 Å². The van der Waals surface area contributed by atoms with Crippen LogP contribution < -0.4 is 11.4 Å². The Balaban J connectivity index is 1.40. The van der Waals surface area contributed by atoms with Crippen LogP contribution in [0.1, 0.15) is 187 Å². The van der Waals surface area contributed by atoms with Crippen molar-refractivity contribution < 1.29 is 71.0 Å². The number of ether oxygens (including phenoxy) is 4. The van der Waals surface area contributed by atoms with Crippen LogP contribution in [0.5, 0.6) is 0 Å². The first-order valence-electron chi connectivity index (χ1n) is 26.8. The molecular weight excluding hydrogens is 985 g/mol. The number of epoxide rings is 1. The smallest absolute Gasteiger partial charge is 0.462 e. The number of hydrogen-bond acceptors (Lipinski definition) is 16. The largest absolute Gasteiger partial charge is 0.481 e. The molecule has 0 amide bonds. The summed E-state index contributed by atoms with van der Waals surface area (Å²) in [6, 6.07) is 1.24. The number of carbonyl (C=O) groups excluding carboxylic acids is 2. The minimum atomic E-state index is -5.44. The topological polar surface area (TPSA) is 278 Å². The first-order chi connectivity index (χ1) is 35.1. The minimum Gasteiger partial charge on any atom is -0.462 e. The van der Waals surface area contributed by atoms with Gasteiger partial charge in [0.1, 0.15) is 30.7 Å². The summed E-state index contributed by atoms with van der Waals surface area (Å²) in [5, 5.41) is 20.9. The van der Waals surface area contributed by atoms with Gasteiger partial charge < -0.3 is 44.7 Å². The predicted molar refractivity (Wildman–Crippen MR) is 279 cm³/mol. The molecule has 2 aliphatic rings. The number of carbonyl (C=O) groups is 2. The standard InChI is InChI=1S/C52H87N3O16P2/c1-3-5-7-8-9-10-11-12-13-14-15-16-17-21-24-27-31-35-47(56)65-39-42(68-48(57)36-32-28-25-22-19-18-20-23-26-30-34-44-43(69-44)33-29-6-4-2)40-66-72(61,62)71-73(63,64)67-41-45-49(58)50(59)51(70-45)55-38-37-46(53)54-52(55)60/h12-13,18,20,22,25-26,30,37-38,42-45,49-51,58-59H,3-11,14-17,19,21,23-24,27-29,31-36,39-41H2,1-2H3,(H,61,62)(H,63,64)(H2,53,54,60)/b13-12-,20-18-,25-22-,30-26-/t42-,43?,44?,45-,49-,50-,51-/m1/s1. The van der Waals surface area contributed by atoms with Crippen LogP contribution in [-0.4, -0.2) is 97.9 Å². The van der Waals surface area contributed by atoms with Crippen LogP contribution in [0, 0.1) is 0 Å². The van der Waals surface area contributed by atoms with Crippen molar-refractivity contribution >= 4 is 33.4 Å². The van der Waals surface area contributed by atoms with E-state index < -0.39 is 83.7 Å². The molecule has 21 heteroatoms. The number of esters is 2. The minimum absolute atomic E-state index is 0.0311. The third-order valence-electron chi connectivity index (χ3n) is 12.3. The molecule has 73 heavy (non-hydrogen) atoms. The Hall–Kier alpha value is -3.32. The zero-order chi connectivity index (χ0) is 53.2. The average Bonchev–Trinajstić information content (AvgIpc) is 4.04. The van der Waals surface area contributed by atoms with Crippen LogP contribution in [0.3, 0.4) is 0 Å². The summed E-state index contributed by atoms with van der Waals surface area (Å²) in [5.41, 5.74) is 4.59. The van der Waals surface area contributed by atoms with Gasteiger partial charge in [0.25, 0.3) is 0 Å². The molecule has 4 unspecified atom stereocenters. The molecule has 416 valence electrons. The lowest BCUT2D eigenvalue weighted by Crippen LogP contribution is -2.36. The van der Waals surface area contributed by atoms with Crippen LogP contribution in [0.15, 0.2) is 65.7 Å². The summed E-state index contributed by atoms with van der Waals surface area (Å²) in [6.07, 6.45) is 36.5. The molecule has 0 aromatic carbocycles. The van der Waals surface area contributed by atoms with E-state index in [1.165, 1.54) is 63.9 Å². The maximum Gasteiger partial charge on any atom is 0.481 e. The van der Waals surface area contributed by atoms with Crippen molar-refractivity contribution in [1.29, 1.82) is 0 Å². The zero-order valence-electron chi connectivity index (χ0n) is 43.4. The molecule has 0 spiro atoms.